The Balaban J connectivity index is 2.12. The minimum atomic E-state index is -0.843. The van der Waals surface area contributed by atoms with Crippen molar-refractivity contribution in [3.63, 3.8) is 0 Å². The Morgan fingerprint density at radius 1 is 0.974 bits per heavy atom. The number of ketones is 4. The van der Waals surface area contributed by atoms with E-state index in [1.165, 1.54) is 6.92 Å². The monoisotopic (exact) mass is 560 g/mol. The first kappa shape index (κ1) is 32.4. The number of primary amides is 1. The molecule has 7 N–H and O–H groups in total. The molecule has 214 valence electrons. The predicted octanol–water partition coefficient (Wildman–Crippen LogP) is 0.876. The third kappa shape index (κ3) is 10.0. The van der Waals surface area contributed by atoms with Crippen LogP contribution in [0.5, 0.6) is 0 Å². The smallest absolute Gasteiger partial charge is 0.217 e. The summed E-state index contributed by atoms with van der Waals surface area (Å²) >= 11 is 0. The van der Waals surface area contributed by atoms with E-state index >= 15 is 0 Å². The summed E-state index contributed by atoms with van der Waals surface area (Å²) in [4.78, 5) is 65.2. The molecular formula is C27H41N6O5P. The van der Waals surface area contributed by atoms with Gasteiger partial charge < -0.3 is 16.0 Å². The number of nitrogens with two attached hydrogens (primary N) is 1. The lowest BCUT2D eigenvalue weighted by Crippen LogP contribution is -2.53. The van der Waals surface area contributed by atoms with Crippen LogP contribution in [0.1, 0.15) is 52.5 Å². The van der Waals surface area contributed by atoms with Crippen LogP contribution in [0.2, 0.25) is 0 Å². The molecule has 1 aromatic heterocycles. The molecule has 0 saturated carbocycles. The normalized spacial score (nSPS) is 14.6. The summed E-state index contributed by atoms with van der Waals surface area (Å²) in [6.07, 6.45) is 1.86. The predicted molar refractivity (Wildman–Crippen MR) is 154 cm³/mol. The second-order valence-corrected chi connectivity index (χ2v) is 10.5. The summed E-state index contributed by atoms with van der Waals surface area (Å²) in [6.45, 7) is 6.84. The molecule has 2 aromatic rings. The van der Waals surface area contributed by atoms with Gasteiger partial charge in [-0.15, -0.1) is 0 Å². The van der Waals surface area contributed by atoms with Gasteiger partial charge in [-0.05, 0) is 44.2 Å². The number of carbonyl (C=O) groups is 5. The van der Waals surface area contributed by atoms with Crippen LogP contribution in [0.25, 0.3) is 10.9 Å². The minimum absolute atomic E-state index is 0.00425. The highest BCUT2D eigenvalue weighted by molar-refractivity contribution is 7.13. The fourth-order valence-corrected chi connectivity index (χ4v) is 4.78. The average molecular weight is 561 g/mol. The van der Waals surface area contributed by atoms with Gasteiger partial charge in [0.2, 0.25) is 5.91 Å². The van der Waals surface area contributed by atoms with E-state index in [0.29, 0.717) is 0 Å². The molecule has 1 unspecified atom stereocenters. The highest BCUT2D eigenvalue weighted by atomic mass is 31.0. The SMILES string of the molecule is CC(=O)[C@H](CCC(N)=O)NN[C@@H](Cc1c[nH]c2ccccc12)C(=O)CC(=O)[C@H](C)NCC(=O)[C@@H](NP)C(C)C. The number of aromatic nitrogens is 1. The van der Waals surface area contributed by atoms with Gasteiger partial charge >= 0.3 is 0 Å². The third-order valence-corrected chi connectivity index (χ3v) is 7.06. The molecule has 1 heterocycles. The van der Waals surface area contributed by atoms with Crippen LogP contribution in [0.3, 0.4) is 0 Å². The number of H-pyrrole nitrogens is 1. The zero-order valence-corrected chi connectivity index (χ0v) is 24.2. The summed E-state index contributed by atoms with van der Waals surface area (Å²) in [5.41, 5.74) is 12.8. The van der Waals surface area contributed by atoms with Gasteiger partial charge in [0.15, 0.2) is 17.3 Å². The lowest BCUT2D eigenvalue weighted by Gasteiger charge is -2.23. The van der Waals surface area contributed by atoms with Gasteiger partial charge in [-0.25, -0.2) is 10.9 Å². The molecule has 0 aliphatic rings. The van der Waals surface area contributed by atoms with Crippen LogP contribution in [0, 0.1) is 5.92 Å². The zero-order valence-electron chi connectivity index (χ0n) is 23.0. The Bertz CT molecular complexity index is 1170. The quantitative estimate of drug-likeness (QED) is 0.0827. The average Bonchev–Trinajstić information content (AvgIpc) is 3.28. The van der Waals surface area contributed by atoms with Crippen molar-refractivity contribution >= 4 is 49.3 Å². The maximum absolute atomic E-state index is 13.4. The van der Waals surface area contributed by atoms with Gasteiger partial charge in [0.05, 0.1) is 37.1 Å². The lowest BCUT2D eigenvalue weighted by atomic mass is 9.97. The summed E-state index contributed by atoms with van der Waals surface area (Å²) in [6, 6.07) is 4.99. The maximum Gasteiger partial charge on any atom is 0.217 e. The summed E-state index contributed by atoms with van der Waals surface area (Å²) in [5.74, 6) is -1.49. The number of hydrogen-bond acceptors (Lipinski definition) is 9. The van der Waals surface area contributed by atoms with E-state index in [9.17, 15) is 24.0 Å². The van der Waals surface area contributed by atoms with Crippen molar-refractivity contribution in [1.29, 1.82) is 0 Å². The van der Waals surface area contributed by atoms with Crippen LogP contribution >= 0.6 is 9.39 Å². The molecule has 1 aromatic carbocycles. The number of hydrogen-bond donors (Lipinski definition) is 6. The van der Waals surface area contributed by atoms with Gasteiger partial charge in [-0.1, -0.05) is 41.4 Å². The Morgan fingerprint density at radius 2 is 1.64 bits per heavy atom. The fraction of sp³-hybridized carbons (Fsp3) is 0.519. The molecule has 39 heavy (non-hydrogen) atoms. The first-order valence-corrected chi connectivity index (χ1v) is 13.6. The number of carbonyl (C=O) groups excluding carboxylic acids is 5. The molecule has 5 atom stereocenters. The Kier molecular flexibility index (Phi) is 13.0. The van der Waals surface area contributed by atoms with Crippen LogP contribution < -0.4 is 27.0 Å². The Labute approximate surface area is 231 Å². The van der Waals surface area contributed by atoms with Gasteiger partial charge in [0, 0.05) is 23.5 Å². The van der Waals surface area contributed by atoms with Crippen molar-refractivity contribution in [1.82, 2.24) is 26.2 Å². The zero-order chi connectivity index (χ0) is 29.1. The maximum atomic E-state index is 13.4. The van der Waals surface area contributed by atoms with E-state index in [2.05, 4.69) is 35.6 Å². The second-order valence-electron chi connectivity index (χ2n) is 10.1. The third-order valence-electron chi connectivity index (χ3n) is 6.70. The topological polar surface area (TPSA) is 175 Å². The van der Waals surface area contributed by atoms with E-state index < -0.39 is 24.0 Å². The van der Waals surface area contributed by atoms with Crippen molar-refractivity contribution in [2.24, 2.45) is 11.7 Å². The van der Waals surface area contributed by atoms with Gasteiger partial charge in [0.25, 0.3) is 0 Å². The summed E-state index contributed by atoms with van der Waals surface area (Å²) in [7, 11) is 2.34. The number of Topliss-reactive ketones (excluding diaryl/α,β-unsaturated/α-hetero) is 4. The molecule has 2 rings (SSSR count). The minimum Gasteiger partial charge on any atom is -0.370 e. The largest absolute Gasteiger partial charge is 0.370 e. The number of amides is 1. The number of hydrazine groups is 1. The molecule has 11 nitrogen and oxygen atoms in total. The van der Waals surface area contributed by atoms with Crippen molar-refractivity contribution < 1.29 is 24.0 Å². The van der Waals surface area contributed by atoms with Crippen LogP contribution in [-0.2, 0) is 30.4 Å². The summed E-state index contributed by atoms with van der Waals surface area (Å²) < 4.78 is 0. The number of para-hydroxylation sites is 1. The van der Waals surface area contributed by atoms with Crippen molar-refractivity contribution in [2.45, 2.75) is 77.5 Å². The lowest BCUT2D eigenvalue weighted by molar-refractivity contribution is -0.130. The number of benzene rings is 1. The molecule has 0 saturated heterocycles. The van der Waals surface area contributed by atoms with E-state index in [1.54, 1.807) is 6.92 Å². The highest BCUT2D eigenvalue weighted by Gasteiger charge is 2.27. The van der Waals surface area contributed by atoms with Crippen molar-refractivity contribution in [3.8, 4) is 0 Å². The first-order valence-electron chi connectivity index (χ1n) is 13.1. The number of rotatable bonds is 19. The van der Waals surface area contributed by atoms with Gasteiger partial charge in [0.1, 0.15) is 5.78 Å². The number of nitrogens with one attached hydrogen (secondary N) is 5. The Hall–Kier alpha value is -2.82. The molecule has 1 amide bonds. The van der Waals surface area contributed by atoms with Crippen molar-refractivity contribution in [3.05, 3.63) is 36.0 Å². The molecule has 0 fully saturated rings. The number of fused-ring (bicyclic) bond motifs is 1. The number of aromatic amines is 1. The first-order chi connectivity index (χ1) is 18.4. The standard InChI is InChI=1S/C27H41N6O5P/c1-15(2)27(33-39)25(37)14-29-16(3)23(35)12-24(36)22(32-31-20(17(4)34)9-10-26(28)38)11-18-13-30-21-8-6-5-7-19(18)21/h5-8,13,15-16,20,22,27,29-33H,9-12,14,39H2,1-4H3,(H2,28,38)/t16-,20-,22-,27-/m0/s1. The highest BCUT2D eigenvalue weighted by Crippen LogP contribution is 2.19. The van der Waals surface area contributed by atoms with E-state index in [1.807, 2.05) is 44.3 Å². The van der Waals surface area contributed by atoms with E-state index in [4.69, 9.17) is 5.73 Å². The molecule has 0 aliphatic heterocycles. The molecule has 0 bridgehead atoms. The van der Waals surface area contributed by atoms with Gasteiger partial charge in [-0.3, -0.25) is 29.1 Å². The molecule has 12 heteroatoms. The molecular weight excluding hydrogens is 519 g/mol. The van der Waals surface area contributed by atoms with Crippen molar-refractivity contribution in [2.75, 3.05) is 6.54 Å². The van der Waals surface area contributed by atoms with E-state index in [0.717, 1.165) is 16.5 Å². The molecule has 0 radical (unpaired) electrons. The van der Waals surface area contributed by atoms with Crippen LogP contribution in [0.4, 0.5) is 0 Å². The fourth-order valence-electron chi connectivity index (χ4n) is 4.21. The Morgan fingerprint density at radius 3 is 2.26 bits per heavy atom. The molecule has 0 aliphatic carbocycles. The van der Waals surface area contributed by atoms with Crippen LogP contribution in [-0.4, -0.2) is 64.7 Å². The second kappa shape index (κ2) is 15.7. The molecule has 0 spiro atoms. The van der Waals surface area contributed by atoms with E-state index in [-0.39, 0.29) is 67.3 Å². The van der Waals surface area contributed by atoms with Gasteiger partial charge in [-0.2, -0.15) is 0 Å². The van der Waals surface area contributed by atoms with Crippen LogP contribution in [0.15, 0.2) is 30.5 Å². The summed E-state index contributed by atoms with van der Waals surface area (Å²) in [5, 5.41) is 6.77.